The number of benzene rings is 1. The van der Waals surface area contributed by atoms with E-state index < -0.39 is 0 Å². The Hall–Kier alpha value is -0.0300. The molecule has 1 atom stereocenters. The van der Waals surface area contributed by atoms with Gasteiger partial charge in [-0.2, -0.15) is 0 Å². The third kappa shape index (κ3) is 1.98. The van der Waals surface area contributed by atoms with Crippen molar-refractivity contribution < 1.29 is 4.79 Å². The number of carbonyl (C=O) groups is 1. The maximum atomic E-state index is 11.8. The molecule has 1 unspecified atom stereocenters. The molecule has 1 nitrogen and oxygen atoms in total. The van der Waals surface area contributed by atoms with E-state index in [1.54, 1.807) is 11.8 Å². The lowest BCUT2D eigenvalue weighted by Gasteiger charge is -2.27. The molecule has 1 aromatic carbocycles. The lowest BCUT2D eigenvalue weighted by atomic mass is 10.0. The maximum Gasteiger partial charge on any atom is 0.166 e. The van der Waals surface area contributed by atoms with Crippen LogP contribution >= 0.6 is 34.4 Å². The predicted octanol–water partition coefficient (Wildman–Crippen LogP) is 3.82. The monoisotopic (exact) mass is 318 g/mol. The molecule has 2 rings (SSSR count). The van der Waals surface area contributed by atoms with Crippen molar-refractivity contribution in [1.29, 1.82) is 0 Å². The van der Waals surface area contributed by atoms with Crippen molar-refractivity contribution in [2.24, 2.45) is 0 Å². The van der Waals surface area contributed by atoms with Crippen molar-refractivity contribution in [3.8, 4) is 0 Å². The van der Waals surface area contributed by atoms with E-state index in [9.17, 15) is 4.79 Å². The van der Waals surface area contributed by atoms with Crippen LogP contribution < -0.4 is 0 Å². The number of alkyl halides is 1. The highest BCUT2D eigenvalue weighted by atomic mass is 127. The Morgan fingerprint density at radius 1 is 1.50 bits per heavy atom. The van der Waals surface area contributed by atoms with Gasteiger partial charge in [0, 0.05) is 16.9 Å². The number of thioether (sulfide) groups is 1. The van der Waals surface area contributed by atoms with Crippen LogP contribution in [0.4, 0.5) is 0 Å². The molecule has 74 valence electrons. The summed E-state index contributed by atoms with van der Waals surface area (Å²) in [5.41, 5.74) is 2.07. The minimum atomic E-state index is 0.0249. The Bertz CT molecular complexity index is 398. The molecule has 0 aliphatic carbocycles. The molecule has 0 saturated carbocycles. The van der Waals surface area contributed by atoms with Crippen LogP contribution in [0.1, 0.15) is 29.3 Å². The molecule has 0 fully saturated rings. The van der Waals surface area contributed by atoms with Crippen LogP contribution in [-0.2, 0) is 0 Å². The molecular formula is C11H11IOS. The molecule has 1 heterocycles. The number of Topliss-reactive ketones (excluding diaryl/α,β-unsaturated/α-hetero) is 1. The normalized spacial score (nSPS) is 26.1. The number of ketones is 1. The van der Waals surface area contributed by atoms with E-state index in [0.717, 1.165) is 16.0 Å². The molecule has 0 radical (unpaired) electrons. The molecular weight excluding hydrogens is 307 g/mol. The summed E-state index contributed by atoms with van der Waals surface area (Å²) in [6.07, 6.45) is 0.634. The Kier molecular flexibility index (Phi) is 2.64. The third-order valence-corrected chi connectivity index (χ3v) is 4.42. The van der Waals surface area contributed by atoms with Crippen molar-refractivity contribution in [2.45, 2.75) is 27.9 Å². The van der Waals surface area contributed by atoms with Crippen molar-refractivity contribution in [2.75, 3.05) is 0 Å². The number of rotatable bonds is 0. The number of carbonyl (C=O) groups excluding carboxylic acids is 1. The van der Waals surface area contributed by atoms with Crippen molar-refractivity contribution in [3.63, 3.8) is 0 Å². The van der Waals surface area contributed by atoms with E-state index >= 15 is 0 Å². The van der Waals surface area contributed by atoms with Crippen molar-refractivity contribution in [1.82, 2.24) is 0 Å². The van der Waals surface area contributed by atoms with E-state index in [4.69, 9.17) is 0 Å². The minimum absolute atomic E-state index is 0.0249. The first-order valence-electron chi connectivity index (χ1n) is 4.50. The second-order valence-corrected chi connectivity index (χ2v) is 8.46. The molecule has 0 N–H and O–H groups in total. The van der Waals surface area contributed by atoms with Gasteiger partial charge in [0.15, 0.2) is 5.78 Å². The number of aryl methyl sites for hydroxylation is 1. The zero-order valence-corrected chi connectivity index (χ0v) is 11.1. The molecule has 0 bridgehead atoms. The van der Waals surface area contributed by atoms with Crippen LogP contribution in [0.25, 0.3) is 0 Å². The van der Waals surface area contributed by atoms with E-state index in [2.05, 4.69) is 41.6 Å². The van der Waals surface area contributed by atoms with Crippen LogP contribution in [0, 0.1) is 6.92 Å². The van der Waals surface area contributed by atoms with Crippen LogP contribution in [0.2, 0.25) is 0 Å². The first-order chi connectivity index (χ1) is 6.48. The molecule has 1 aliphatic rings. The summed E-state index contributed by atoms with van der Waals surface area (Å²) in [5.74, 6) is 0.277. The molecule has 1 aromatic rings. The summed E-state index contributed by atoms with van der Waals surface area (Å²) in [7, 11) is 0. The van der Waals surface area contributed by atoms with Gasteiger partial charge in [-0.1, -0.05) is 34.2 Å². The van der Waals surface area contributed by atoms with Gasteiger partial charge in [0.1, 0.15) is 0 Å². The summed E-state index contributed by atoms with van der Waals surface area (Å²) in [6, 6.07) is 6.12. The summed E-state index contributed by atoms with van der Waals surface area (Å²) in [4.78, 5) is 13.0. The fourth-order valence-electron chi connectivity index (χ4n) is 1.60. The van der Waals surface area contributed by atoms with Crippen LogP contribution in [0.5, 0.6) is 0 Å². The van der Waals surface area contributed by atoms with Gasteiger partial charge < -0.3 is 0 Å². The molecule has 0 aromatic heterocycles. The third-order valence-electron chi connectivity index (χ3n) is 2.23. The van der Waals surface area contributed by atoms with Gasteiger partial charge in [0.05, 0.1) is 2.75 Å². The number of hydrogen-bond acceptors (Lipinski definition) is 2. The Morgan fingerprint density at radius 3 is 2.93 bits per heavy atom. The molecule has 0 saturated heterocycles. The fourth-order valence-corrected chi connectivity index (χ4v) is 3.74. The summed E-state index contributed by atoms with van der Waals surface area (Å²) in [5, 5.41) is 0. The van der Waals surface area contributed by atoms with E-state index in [1.165, 1.54) is 0 Å². The van der Waals surface area contributed by atoms with Gasteiger partial charge in [-0.15, -0.1) is 11.8 Å². The average molecular weight is 318 g/mol. The summed E-state index contributed by atoms with van der Waals surface area (Å²) in [6.45, 7) is 4.13. The molecule has 0 spiro atoms. The standard InChI is InChI=1S/C11H11IOS/c1-7-3-4-10-8(5-7)9(13)6-11(2,12)14-10/h3-5H,6H2,1-2H3. The molecule has 1 aliphatic heterocycles. The lowest BCUT2D eigenvalue weighted by Crippen LogP contribution is -2.22. The fraction of sp³-hybridized carbons (Fsp3) is 0.364. The molecule has 3 heteroatoms. The summed E-state index contributed by atoms with van der Waals surface area (Å²) < 4.78 is 0.0249. The Labute approximate surface area is 102 Å². The minimum Gasteiger partial charge on any atom is -0.294 e. The van der Waals surface area contributed by atoms with E-state index in [-0.39, 0.29) is 8.54 Å². The second-order valence-electron chi connectivity index (χ2n) is 3.80. The zero-order valence-electron chi connectivity index (χ0n) is 8.13. The molecule has 0 amide bonds. The highest BCUT2D eigenvalue weighted by Gasteiger charge is 2.32. The number of fused-ring (bicyclic) bond motifs is 1. The first-order valence-corrected chi connectivity index (χ1v) is 6.39. The number of hydrogen-bond donors (Lipinski definition) is 0. The highest BCUT2D eigenvalue weighted by Crippen LogP contribution is 2.47. The Morgan fingerprint density at radius 2 is 2.21 bits per heavy atom. The largest absolute Gasteiger partial charge is 0.294 e. The topological polar surface area (TPSA) is 17.1 Å². The van der Waals surface area contributed by atoms with Gasteiger partial charge in [-0.3, -0.25) is 4.79 Å². The van der Waals surface area contributed by atoms with E-state index in [0.29, 0.717) is 6.42 Å². The molecule has 14 heavy (non-hydrogen) atoms. The summed E-state index contributed by atoms with van der Waals surface area (Å²) >= 11 is 4.15. The van der Waals surface area contributed by atoms with Crippen molar-refractivity contribution in [3.05, 3.63) is 29.3 Å². The lowest BCUT2D eigenvalue weighted by molar-refractivity contribution is 0.0976. The second kappa shape index (κ2) is 3.52. The van der Waals surface area contributed by atoms with E-state index in [1.807, 2.05) is 13.0 Å². The van der Waals surface area contributed by atoms with Gasteiger partial charge in [-0.05, 0) is 26.0 Å². The smallest absolute Gasteiger partial charge is 0.166 e. The van der Waals surface area contributed by atoms with Crippen LogP contribution in [0.3, 0.4) is 0 Å². The zero-order chi connectivity index (χ0) is 10.3. The van der Waals surface area contributed by atoms with Gasteiger partial charge in [0.25, 0.3) is 0 Å². The van der Waals surface area contributed by atoms with Gasteiger partial charge in [0.2, 0.25) is 0 Å². The quantitative estimate of drug-likeness (QED) is 0.534. The average Bonchev–Trinajstić information content (AvgIpc) is 2.05. The first kappa shape index (κ1) is 10.5. The van der Waals surface area contributed by atoms with Crippen molar-refractivity contribution >= 4 is 40.1 Å². The number of halogens is 1. The van der Waals surface area contributed by atoms with Gasteiger partial charge >= 0.3 is 0 Å². The van der Waals surface area contributed by atoms with Crippen LogP contribution in [-0.4, -0.2) is 8.54 Å². The Balaban J connectivity index is 2.50. The highest BCUT2D eigenvalue weighted by molar-refractivity contribution is 14.1. The predicted molar refractivity (Wildman–Crippen MR) is 68.4 cm³/mol. The maximum absolute atomic E-state index is 11.8. The SMILES string of the molecule is Cc1ccc2c(c1)C(=O)CC(C)(I)S2. The van der Waals surface area contributed by atoms with Gasteiger partial charge in [-0.25, -0.2) is 0 Å². The van der Waals surface area contributed by atoms with Crippen LogP contribution in [0.15, 0.2) is 23.1 Å².